The van der Waals surface area contributed by atoms with Crippen molar-refractivity contribution >= 4 is 56.1 Å². The Labute approximate surface area is 220 Å². The molecule has 1 fully saturated rings. The summed E-state index contributed by atoms with van der Waals surface area (Å²) in [5, 5.41) is 2.61. The summed E-state index contributed by atoms with van der Waals surface area (Å²) in [7, 11) is 0. The molecule has 2 atom stereocenters. The molecule has 1 heterocycles. The molecular weight excluding hydrogens is 478 g/mol. The SMILES string of the molecule is CCN1C(=O)/C(=C2\C(c3ccccc3)=C3c4cccc5cccc(c45)C3C2c2ccccc2)SC1=S. The van der Waals surface area contributed by atoms with E-state index >= 15 is 0 Å². The van der Waals surface area contributed by atoms with E-state index in [2.05, 4.69) is 97.1 Å². The Bertz CT molecular complexity index is 1630. The van der Waals surface area contributed by atoms with Gasteiger partial charge in [0.05, 0.1) is 4.91 Å². The Kier molecular flexibility index (Phi) is 5.02. The molecule has 0 aromatic heterocycles. The van der Waals surface area contributed by atoms with Gasteiger partial charge >= 0.3 is 0 Å². The van der Waals surface area contributed by atoms with Gasteiger partial charge in [-0.2, -0.15) is 0 Å². The number of carbonyl (C=O) groups is 1. The van der Waals surface area contributed by atoms with Crippen LogP contribution in [0.25, 0.3) is 21.9 Å². The maximum Gasteiger partial charge on any atom is 0.266 e. The van der Waals surface area contributed by atoms with Crippen molar-refractivity contribution in [3.05, 3.63) is 130 Å². The Morgan fingerprint density at radius 3 is 2.19 bits per heavy atom. The number of benzene rings is 4. The van der Waals surface area contributed by atoms with E-state index in [1.165, 1.54) is 50.4 Å². The molecule has 3 aliphatic rings. The highest BCUT2D eigenvalue weighted by Crippen LogP contribution is 2.65. The van der Waals surface area contributed by atoms with Crippen LogP contribution in [0, 0.1) is 0 Å². The van der Waals surface area contributed by atoms with Crippen molar-refractivity contribution < 1.29 is 4.79 Å². The fraction of sp³-hybridized carbons (Fsp3) is 0.125. The molecule has 1 saturated heterocycles. The number of thioether (sulfide) groups is 1. The highest BCUT2D eigenvalue weighted by molar-refractivity contribution is 8.26. The molecule has 174 valence electrons. The number of hydrogen-bond acceptors (Lipinski definition) is 3. The van der Waals surface area contributed by atoms with Crippen molar-refractivity contribution in [3.8, 4) is 0 Å². The summed E-state index contributed by atoms with van der Waals surface area (Å²) in [6, 6.07) is 34.5. The number of amides is 1. The molecule has 7 rings (SSSR count). The molecule has 0 bridgehead atoms. The van der Waals surface area contributed by atoms with E-state index in [0.29, 0.717) is 10.9 Å². The van der Waals surface area contributed by atoms with E-state index in [1.807, 2.05) is 6.92 Å². The molecule has 0 saturated carbocycles. The second kappa shape index (κ2) is 8.29. The standard InChI is InChI=1S/C32H23NOS2/c1-2-33-31(34)30(36-32(33)35)29-25(20-11-5-3-6-12-20)27-22-17-9-15-19-16-10-18-23(24(19)22)28(27)26(29)21-13-7-4-8-14-21/h3-18,25,27H,2H2,1H3/b30-29+. The number of likely N-dealkylation sites (N-methyl/N-ethyl adjacent to an activating group) is 1. The molecule has 4 aromatic rings. The zero-order valence-electron chi connectivity index (χ0n) is 19.8. The lowest BCUT2D eigenvalue weighted by Crippen LogP contribution is -2.27. The van der Waals surface area contributed by atoms with Crippen molar-refractivity contribution in [2.24, 2.45) is 0 Å². The fourth-order valence-corrected chi connectivity index (χ4v) is 7.80. The number of carbonyl (C=O) groups excluding carboxylic acids is 1. The average molecular weight is 502 g/mol. The van der Waals surface area contributed by atoms with E-state index in [1.54, 1.807) is 4.90 Å². The van der Waals surface area contributed by atoms with Crippen LogP contribution in [-0.2, 0) is 4.79 Å². The summed E-state index contributed by atoms with van der Waals surface area (Å²) in [6.07, 6.45) is 0. The van der Waals surface area contributed by atoms with Crippen molar-refractivity contribution in [3.63, 3.8) is 0 Å². The van der Waals surface area contributed by atoms with Crippen molar-refractivity contribution in [2.75, 3.05) is 6.54 Å². The summed E-state index contributed by atoms with van der Waals surface area (Å²) < 4.78 is 0.647. The minimum absolute atomic E-state index is 0.0282. The number of nitrogens with zero attached hydrogens (tertiary/aromatic N) is 1. The predicted octanol–water partition coefficient (Wildman–Crippen LogP) is 7.78. The molecule has 1 aliphatic heterocycles. The van der Waals surface area contributed by atoms with E-state index in [4.69, 9.17) is 12.2 Å². The van der Waals surface area contributed by atoms with Gasteiger partial charge in [-0.3, -0.25) is 9.69 Å². The quantitative estimate of drug-likeness (QED) is 0.211. The van der Waals surface area contributed by atoms with Gasteiger partial charge in [0.25, 0.3) is 5.91 Å². The van der Waals surface area contributed by atoms with Gasteiger partial charge in [-0.15, -0.1) is 0 Å². The van der Waals surface area contributed by atoms with Gasteiger partial charge in [-0.05, 0) is 56.7 Å². The number of thiocarbonyl (C=S) groups is 1. The first-order valence-corrected chi connectivity index (χ1v) is 13.6. The number of fused-ring (bicyclic) bond motifs is 3. The van der Waals surface area contributed by atoms with Crippen LogP contribution < -0.4 is 0 Å². The minimum atomic E-state index is 0.0282. The zero-order chi connectivity index (χ0) is 24.4. The summed E-state index contributed by atoms with van der Waals surface area (Å²) in [6.45, 7) is 2.57. The molecule has 0 spiro atoms. The molecule has 4 heteroatoms. The monoisotopic (exact) mass is 501 g/mol. The van der Waals surface area contributed by atoms with Gasteiger partial charge in [-0.25, -0.2) is 0 Å². The minimum Gasteiger partial charge on any atom is -0.293 e. The average Bonchev–Trinajstić information content (AvgIpc) is 3.53. The van der Waals surface area contributed by atoms with Crippen molar-refractivity contribution in [1.82, 2.24) is 4.90 Å². The number of rotatable bonds is 3. The lowest BCUT2D eigenvalue weighted by molar-refractivity contribution is -0.122. The van der Waals surface area contributed by atoms with Crippen molar-refractivity contribution in [2.45, 2.75) is 18.8 Å². The van der Waals surface area contributed by atoms with Crippen LogP contribution in [0.2, 0.25) is 0 Å². The van der Waals surface area contributed by atoms with Gasteiger partial charge in [0.2, 0.25) is 0 Å². The first-order valence-electron chi connectivity index (χ1n) is 12.3. The van der Waals surface area contributed by atoms with Crippen molar-refractivity contribution in [1.29, 1.82) is 0 Å². The lowest BCUT2D eigenvalue weighted by atomic mass is 9.80. The van der Waals surface area contributed by atoms with E-state index < -0.39 is 0 Å². The number of hydrogen-bond donors (Lipinski definition) is 0. The fourth-order valence-electron chi connectivity index (χ4n) is 6.30. The third kappa shape index (κ3) is 2.98. The molecule has 1 amide bonds. The Balaban J connectivity index is 1.62. The van der Waals surface area contributed by atoms with Crippen LogP contribution in [-0.4, -0.2) is 21.7 Å². The highest BCUT2D eigenvalue weighted by Gasteiger charge is 2.49. The van der Waals surface area contributed by atoms with Gasteiger partial charge < -0.3 is 0 Å². The molecular formula is C32H23NOS2. The van der Waals surface area contributed by atoms with Crippen LogP contribution in [0.5, 0.6) is 0 Å². The second-order valence-corrected chi connectivity index (χ2v) is 11.1. The van der Waals surface area contributed by atoms with Gasteiger partial charge in [-0.1, -0.05) is 121 Å². The molecule has 0 radical (unpaired) electrons. The molecule has 2 unspecified atom stereocenters. The largest absolute Gasteiger partial charge is 0.293 e. The zero-order valence-corrected chi connectivity index (χ0v) is 21.4. The van der Waals surface area contributed by atoms with Crippen LogP contribution in [0.3, 0.4) is 0 Å². The van der Waals surface area contributed by atoms with E-state index in [0.717, 1.165) is 16.0 Å². The third-order valence-corrected chi connectivity index (χ3v) is 9.15. The maximum atomic E-state index is 13.8. The molecule has 4 aromatic carbocycles. The maximum absolute atomic E-state index is 13.8. The Morgan fingerprint density at radius 2 is 1.50 bits per heavy atom. The van der Waals surface area contributed by atoms with Gasteiger partial charge in [0, 0.05) is 18.4 Å². The van der Waals surface area contributed by atoms with Crippen LogP contribution >= 0.6 is 24.0 Å². The summed E-state index contributed by atoms with van der Waals surface area (Å²) in [5.41, 5.74) is 8.65. The molecule has 36 heavy (non-hydrogen) atoms. The van der Waals surface area contributed by atoms with Gasteiger partial charge in [0.1, 0.15) is 4.32 Å². The van der Waals surface area contributed by atoms with E-state index in [-0.39, 0.29) is 17.7 Å². The molecule has 2 nitrogen and oxygen atoms in total. The second-order valence-electron chi connectivity index (χ2n) is 9.43. The normalized spacial score (nSPS) is 22.8. The van der Waals surface area contributed by atoms with E-state index in [9.17, 15) is 4.79 Å². The summed E-state index contributed by atoms with van der Waals surface area (Å²) >= 11 is 7.14. The predicted molar refractivity (Wildman–Crippen MR) is 154 cm³/mol. The van der Waals surface area contributed by atoms with Crippen LogP contribution in [0.15, 0.2) is 108 Å². The number of allylic oxidation sites excluding steroid dienone is 3. The molecule has 0 N–H and O–H groups in total. The first kappa shape index (κ1) is 21.8. The highest BCUT2D eigenvalue weighted by atomic mass is 32.2. The first-order chi connectivity index (χ1) is 17.7. The Hall–Kier alpha value is -3.47. The smallest absolute Gasteiger partial charge is 0.266 e. The lowest BCUT2D eigenvalue weighted by Gasteiger charge is -2.23. The Morgan fingerprint density at radius 1 is 0.806 bits per heavy atom. The third-order valence-electron chi connectivity index (χ3n) is 7.69. The topological polar surface area (TPSA) is 20.3 Å². The summed E-state index contributed by atoms with van der Waals surface area (Å²) in [4.78, 5) is 16.3. The summed E-state index contributed by atoms with van der Waals surface area (Å²) in [5.74, 6) is 0.202. The molecule has 2 aliphatic carbocycles. The van der Waals surface area contributed by atoms with Crippen LogP contribution in [0.4, 0.5) is 0 Å². The van der Waals surface area contributed by atoms with Gasteiger partial charge in [0.15, 0.2) is 0 Å². The van der Waals surface area contributed by atoms with Crippen LogP contribution in [0.1, 0.15) is 41.0 Å².